The minimum atomic E-state index is 0.240. The molecule has 1 N–H and O–H groups in total. The second kappa shape index (κ2) is 7.77. The molecule has 1 aromatic carbocycles. The molecule has 0 saturated carbocycles. The third-order valence-electron chi connectivity index (χ3n) is 1.24. The van der Waals surface area contributed by atoms with Crippen LogP contribution in [-0.4, -0.2) is 37.8 Å². The van der Waals surface area contributed by atoms with Gasteiger partial charge in [0, 0.05) is 6.61 Å². The summed E-state index contributed by atoms with van der Waals surface area (Å²) < 4.78 is 0. The Bertz CT molecular complexity index is 194. The van der Waals surface area contributed by atoms with Gasteiger partial charge in [-0.1, -0.05) is 30.3 Å². The van der Waals surface area contributed by atoms with Crippen molar-refractivity contribution in [2.24, 2.45) is 0 Å². The number of nitrogens with zero attached hydrogens (tertiary/aromatic N) is 1. The molecule has 0 aromatic heterocycles. The minimum absolute atomic E-state index is 0.240. The van der Waals surface area contributed by atoms with Crippen LogP contribution in [0.15, 0.2) is 30.3 Å². The van der Waals surface area contributed by atoms with Crippen LogP contribution in [0.5, 0.6) is 0 Å². The molecule has 0 radical (unpaired) electrons. The SMILES string of the molecule is CN(C)C.OCCc1ccccc1. The molecule has 0 fully saturated rings. The molecule has 0 saturated heterocycles. The summed E-state index contributed by atoms with van der Waals surface area (Å²) in [5.74, 6) is 0. The molecule has 0 atom stereocenters. The van der Waals surface area contributed by atoms with Crippen molar-refractivity contribution in [3.63, 3.8) is 0 Å². The van der Waals surface area contributed by atoms with Gasteiger partial charge in [0.1, 0.15) is 0 Å². The van der Waals surface area contributed by atoms with Gasteiger partial charge < -0.3 is 10.0 Å². The lowest BCUT2D eigenvalue weighted by molar-refractivity contribution is 0.299. The summed E-state index contributed by atoms with van der Waals surface area (Å²) in [6.45, 7) is 0.240. The molecule has 13 heavy (non-hydrogen) atoms. The van der Waals surface area contributed by atoms with E-state index < -0.39 is 0 Å². The maximum atomic E-state index is 8.52. The fraction of sp³-hybridized carbons (Fsp3) is 0.455. The molecule has 0 heterocycles. The fourth-order valence-electron chi connectivity index (χ4n) is 0.774. The molecular weight excluding hydrogens is 162 g/mol. The normalized spacial score (nSPS) is 9.31. The van der Waals surface area contributed by atoms with Crippen molar-refractivity contribution in [3.8, 4) is 0 Å². The van der Waals surface area contributed by atoms with Gasteiger partial charge in [0.15, 0.2) is 0 Å². The summed E-state index contributed by atoms with van der Waals surface area (Å²) in [5.41, 5.74) is 1.19. The van der Waals surface area contributed by atoms with E-state index in [1.165, 1.54) is 5.56 Å². The van der Waals surface area contributed by atoms with Crippen molar-refractivity contribution in [1.82, 2.24) is 4.90 Å². The van der Waals surface area contributed by atoms with Gasteiger partial charge in [0.2, 0.25) is 0 Å². The Labute approximate surface area is 80.8 Å². The zero-order chi connectivity index (χ0) is 10.1. The first-order valence-corrected chi connectivity index (χ1v) is 4.42. The van der Waals surface area contributed by atoms with E-state index in [9.17, 15) is 0 Å². The van der Waals surface area contributed by atoms with Gasteiger partial charge in [0.05, 0.1) is 0 Å². The van der Waals surface area contributed by atoms with Crippen molar-refractivity contribution in [2.75, 3.05) is 27.7 Å². The minimum Gasteiger partial charge on any atom is -0.396 e. The van der Waals surface area contributed by atoms with Crippen molar-refractivity contribution in [1.29, 1.82) is 0 Å². The molecule has 0 amide bonds. The largest absolute Gasteiger partial charge is 0.396 e. The Balaban J connectivity index is 0.000000310. The lowest BCUT2D eigenvalue weighted by Gasteiger charge is -1.93. The van der Waals surface area contributed by atoms with Crippen LogP contribution in [-0.2, 0) is 6.42 Å². The average molecular weight is 181 g/mol. The fourth-order valence-corrected chi connectivity index (χ4v) is 0.774. The Hall–Kier alpha value is -0.860. The first kappa shape index (κ1) is 12.1. The summed E-state index contributed by atoms with van der Waals surface area (Å²) in [7, 11) is 6.00. The molecule has 0 aliphatic heterocycles. The smallest absolute Gasteiger partial charge is 0.0471 e. The zero-order valence-corrected chi connectivity index (χ0v) is 8.70. The first-order valence-electron chi connectivity index (χ1n) is 4.42. The molecule has 0 aliphatic rings. The molecule has 2 heteroatoms. The summed E-state index contributed by atoms with van der Waals surface area (Å²) in [6.07, 6.45) is 0.765. The average Bonchev–Trinajstić information content (AvgIpc) is 2.06. The van der Waals surface area contributed by atoms with Crippen molar-refractivity contribution >= 4 is 0 Å². The number of rotatable bonds is 2. The zero-order valence-electron chi connectivity index (χ0n) is 8.70. The quantitative estimate of drug-likeness (QED) is 0.745. The van der Waals surface area contributed by atoms with Gasteiger partial charge in [-0.2, -0.15) is 0 Å². The first-order chi connectivity index (χ1) is 6.16. The molecule has 0 unspecified atom stereocenters. The monoisotopic (exact) mass is 181 g/mol. The second-order valence-electron chi connectivity index (χ2n) is 3.30. The van der Waals surface area contributed by atoms with E-state index in [-0.39, 0.29) is 6.61 Å². The van der Waals surface area contributed by atoms with Crippen LogP contribution in [0.1, 0.15) is 5.56 Å². The lowest BCUT2D eigenvalue weighted by atomic mass is 10.2. The highest BCUT2D eigenvalue weighted by molar-refractivity contribution is 5.14. The van der Waals surface area contributed by atoms with Crippen LogP contribution in [0.2, 0.25) is 0 Å². The van der Waals surface area contributed by atoms with Crippen LogP contribution in [0, 0.1) is 0 Å². The Kier molecular flexibility index (Phi) is 7.26. The van der Waals surface area contributed by atoms with Crippen molar-refractivity contribution in [3.05, 3.63) is 35.9 Å². The number of aliphatic hydroxyl groups is 1. The standard InChI is InChI=1S/C8H10O.C3H9N/c9-7-6-8-4-2-1-3-5-8;1-4(2)3/h1-5,9H,6-7H2;1-3H3. The van der Waals surface area contributed by atoms with E-state index in [1.54, 1.807) is 0 Å². The highest BCUT2D eigenvalue weighted by Gasteiger charge is 1.85. The van der Waals surface area contributed by atoms with Gasteiger partial charge >= 0.3 is 0 Å². The molecule has 74 valence electrons. The number of aliphatic hydroxyl groups excluding tert-OH is 1. The number of benzene rings is 1. The Morgan fingerprint density at radius 2 is 1.54 bits per heavy atom. The van der Waals surface area contributed by atoms with E-state index in [2.05, 4.69) is 0 Å². The van der Waals surface area contributed by atoms with Gasteiger partial charge in [-0.3, -0.25) is 0 Å². The molecule has 1 rings (SSSR count). The molecule has 0 bridgehead atoms. The molecule has 0 aliphatic carbocycles. The van der Waals surface area contributed by atoms with E-state index in [4.69, 9.17) is 5.11 Å². The van der Waals surface area contributed by atoms with Gasteiger partial charge in [-0.15, -0.1) is 0 Å². The lowest BCUT2D eigenvalue weighted by Crippen LogP contribution is -1.99. The number of hydrogen-bond acceptors (Lipinski definition) is 2. The Morgan fingerprint density at radius 3 is 1.92 bits per heavy atom. The third-order valence-corrected chi connectivity index (χ3v) is 1.24. The van der Waals surface area contributed by atoms with Gasteiger partial charge in [-0.05, 0) is 33.1 Å². The van der Waals surface area contributed by atoms with Crippen LogP contribution < -0.4 is 0 Å². The van der Waals surface area contributed by atoms with E-state index in [0.717, 1.165) is 6.42 Å². The molecule has 2 nitrogen and oxygen atoms in total. The maximum absolute atomic E-state index is 8.52. The summed E-state index contributed by atoms with van der Waals surface area (Å²) in [5, 5.41) is 8.52. The van der Waals surface area contributed by atoms with Crippen molar-refractivity contribution < 1.29 is 5.11 Å². The van der Waals surface area contributed by atoms with Gasteiger partial charge in [-0.25, -0.2) is 0 Å². The van der Waals surface area contributed by atoms with Crippen LogP contribution in [0.4, 0.5) is 0 Å². The summed E-state index contributed by atoms with van der Waals surface area (Å²) in [6, 6.07) is 9.95. The van der Waals surface area contributed by atoms with E-state index in [1.807, 2.05) is 56.4 Å². The van der Waals surface area contributed by atoms with Crippen molar-refractivity contribution in [2.45, 2.75) is 6.42 Å². The molecular formula is C11H19NO. The predicted molar refractivity (Wildman–Crippen MR) is 56.8 cm³/mol. The number of hydrogen-bond donors (Lipinski definition) is 1. The molecule has 1 aromatic rings. The molecule has 0 spiro atoms. The highest BCUT2D eigenvalue weighted by atomic mass is 16.2. The Morgan fingerprint density at radius 1 is 1.08 bits per heavy atom. The summed E-state index contributed by atoms with van der Waals surface area (Å²) >= 11 is 0. The van der Waals surface area contributed by atoms with Crippen LogP contribution in [0.3, 0.4) is 0 Å². The van der Waals surface area contributed by atoms with Crippen LogP contribution >= 0.6 is 0 Å². The highest BCUT2D eigenvalue weighted by Crippen LogP contribution is 1.97. The summed E-state index contributed by atoms with van der Waals surface area (Å²) in [4.78, 5) is 2.00. The second-order valence-corrected chi connectivity index (χ2v) is 3.30. The topological polar surface area (TPSA) is 23.5 Å². The predicted octanol–water partition coefficient (Wildman–Crippen LogP) is 1.40. The van der Waals surface area contributed by atoms with Crippen LogP contribution in [0.25, 0.3) is 0 Å². The third kappa shape index (κ3) is 9.05. The maximum Gasteiger partial charge on any atom is 0.0471 e. The van der Waals surface area contributed by atoms with Gasteiger partial charge in [0.25, 0.3) is 0 Å². The van der Waals surface area contributed by atoms with E-state index in [0.29, 0.717) is 0 Å². The van der Waals surface area contributed by atoms with E-state index >= 15 is 0 Å².